The molecule has 0 aliphatic heterocycles. The first-order valence-electron chi connectivity index (χ1n) is 10.6. The average Bonchev–Trinajstić information content (AvgIpc) is 3.04. The third-order valence-electron chi connectivity index (χ3n) is 7.76. The minimum absolute atomic E-state index is 0.0378. The molecule has 0 spiro atoms. The van der Waals surface area contributed by atoms with Crippen molar-refractivity contribution in [2.24, 2.45) is 21.3 Å². The lowest BCUT2D eigenvalue weighted by Gasteiger charge is -2.37. The van der Waals surface area contributed by atoms with Crippen molar-refractivity contribution in [3.05, 3.63) is 63.2 Å². The Hall–Kier alpha value is -3.26. The third kappa shape index (κ3) is 3.23. The zero-order valence-electron chi connectivity index (χ0n) is 18.9. The smallest absolute Gasteiger partial charge is 0.269 e. The molecule has 2 aromatic carbocycles. The van der Waals surface area contributed by atoms with Gasteiger partial charge in [-0.15, -0.1) is 0 Å². The molecule has 1 amide bonds. The molecule has 0 aromatic heterocycles. The van der Waals surface area contributed by atoms with E-state index >= 15 is 0 Å². The van der Waals surface area contributed by atoms with E-state index in [1.54, 1.807) is 12.1 Å². The predicted molar refractivity (Wildman–Crippen MR) is 128 cm³/mol. The average molecular weight is 469 g/mol. The molecular formula is C24H25ClN4O4. The Balaban J connectivity index is 1.65. The van der Waals surface area contributed by atoms with Gasteiger partial charge in [-0.2, -0.15) is 5.10 Å². The number of rotatable bonds is 5. The highest BCUT2D eigenvalue weighted by molar-refractivity contribution is 6.51. The maximum absolute atomic E-state index is 13.7. The molecule has 2 aliphatic rings. The van der Waals surface area contributed by atoms with Crippen LogP contribution in [0.5, 0.6) is 0 Å². The number of benzene rings is 2. The Morgan fingerprint density at radius 2 is 1.73 bits per heavy atom. The Bertz CT molecular complexity index is 1210. The summed E-state index contributed by atoms with van der Waals surface area (Å²) in [5.41, 5.74) is 2.53. The second-order valence-corrected chi connectivity index (χ2v) is 9.89. The fourth-order valence-electron chi connectivity index (χ4n) is 5.16. The molecule has 4 rings (SSSR count). The van der Waals surface area contributed by atoms with Gasteiger partial charge in [0.15, 0.2) is 5.78 Å². The number of Topliss-reactive ketones (excluding diaryl/α,β-unsaturated/α-hetero) is 1. The Morgan fingerprint density at radius 3 is 2.33 bits per heavy atom. The van der Waals surface area contributed by atoms with Crippen LogP contribution in [0.3, 0.4) is 0 Å². The molecule has 2 N–H and O–H groups in total. The number of nitrogens with zero attached hydrogens (tertiary/aromatic N) is 2. The lowest BCUT2D eigenvalue weighted by molar-refractivity contribution is -0.384. The topological polar surface area (TPSA) is 114 Å². The van der Waals surface area contributed by atoms with Crippen LogP contribution in [0.15, 0.2) is 47.6 Å². The maximum Gasteiger partial charge on any atom is 0.269 e. The van der Waals surface area contributed by atoms with Crippen molar-refractivity contribution in [1.29, 1.82) is 0 Å². The molecular weight excluding hydrogens is 444 g/mol. The largest absolute Gasteiger partial charge is 0.325 e. The number of nitro groups is 1. The fraction of sp³-hybridized carbons (Fsp3) is 0.375. The maximum atomic E-state index is 13.7. The summed E-state index contributed by atoms with van der Waals surface area (Å²) >= 11 is 6.21. The number of halogens is 1. The van der Waals surface area contributed by atoms with Crippen LogP contribution in [0.4, 0.5) is 17.1 Å². The fourth-order valence-corrected chi connectivity index (χ4v) is 5.34. The molecule has 2 unspecified atom stereocenters. The minimum Gasteiger partial charge on any atom is -0.325 e. The quantitative estimate of drug-likeness (QED) is 0.348. The number of nitrogens with one attached hydrogen (secondary N) is 2. The number of hydrazone groups is 1. The molecule has 2 aliphatic carbocycles. The van der Waals surface area contributed by atoms with Crippen LogP contribution in [0.25, 0.3) is 0 Å². The number of carbonyl (C=O) groups excluding carboxylic acids is 2. The predicted octanol–water partition coefficient (Wildman–Crippen LogP) is 5.36. The van der Waals surface area contributed by atoms with E-state index in [2.05, 4.69) is 15.8 Å². The van der Waals surface area contributed by atoms with Gasteiger partial charge >= 0.3 is 0 Å². The van der Waals surface area contributed by atoms with Crippen LogP contribution in [0.2, 0.25) is 5.02 Å². The summed E-state index contributed by atoms with van der Waals surface area (Å²) in [5.74, 6) is -0.659. The number of ketones is 1. The SMILES string of the molecule is Cc1ccc(NC(=O)C23CCC(C)(/C(=N/Nc4ccc([N+](=O)[O-])cc4)C2=O)C3(C)C)cc1Cl. The van der Waals surface area contributed by atoms with Crippen molar-refractivity contribution in [3.8, 4) is 0 Å². The first-order valence-corrected chi connectivity index (χ1v) is 11.0. The first kappa shape index (κ1) is 22.9. The van der Waals surface area contributed by atoms with E-state index in [0.29, 0.717) is 35.0 Å². The molecule has 2 saturated carbocycles. The molecule has 2 atom stereocenters. The molecule has 172 valence electrons. The van der Waals surface area contributed by atoms with Crippen LogP contribution < -0.4 is 10.7 Å². The Morgan fingerprint density at radius 1 is 1.09 bits per heavy atom. The minimum atomic E-state index is -1.25. The van der Waals surface area contributed by atoms with Crippen LogP contribution in [-0.2, 0) is 9.59 Å². The van der Waals surface area contributed by atoms with Gasteiger partial charge < -0.3 is 5.32 Å². The van der Waals surface area contributed by atoms with Crippen molar-refractivity contribution in [1.82, 2.24) is 0 Å². The van der Waals surface area contributed by atoms with E-state index in [1.807, 2.05) is 33.8 Å². The standard InChI is InChI=1S/C24H25ClN4O4/c1-14-5-6-16(13-18(14)25)26-21(31)24-12-11-23(4,22(24,2)3)19(20(24)30)28-27-15-7-9-17(10-8-15)29(32)33/h5-10,13,27H,11-12H2,1-4H3,(H,26,31)/b28-19+. The van der Waals surface area contributed by atoms with Gasteiger partial charge in [0.1, 0.15) is 11.1 Å². The number of anilines is 2. The molecule has 9 heteroatoms. The summed E-state index contributed by atoms with van der Waals surface area (Å²) in [6.45, 7) is 7.72. The summed E-state index contributed by atoms with van der Waals surface area (Å²) in [5, 5.41) is 18.7. The van der Waals surface area contributed by atoms with Crippen molar-refractivity contribution >= 4 is 46.1 Å². The number of hydrogen-bond donors (Lipinski definition) is 2. The monoisotopic (exact) mass is 468 g/mol. The van der Waals surface area contributed by atoms with E-state index in [9.17, 15) is 19.7 Å². The van der Waals surface area contributed by atoms with E-state index in [0.717, 1.165) is 5.56 Å². The van der Waals surface area contributed by atoms with Gasteiger partial charge in [-0.3, -0.25) is 25.1 Å². The van der Waals surface area contributed by atoms with Gasteiger partial charge in [0.05, 0.1) is 10.6 Å². The van der Waals surface area contributed by atoms with Crippen molar-refractivity contribution in [3.63, 3.8) is 0 Å². The summed E-state index contributed by atoms with van der Waals surface area (Å²) < 4.78 is 0. The molecule has 2 fully saturated rings. The normalized spacial score (nSPS) is 26.5. The van der Waals surface area contributed by atoms with Crippen LogP contribution in [0.1, 0.15) is 39.2 Å². The van der Waals surface area contributed by atoms with Crippen molar-refractivity contribution < 1.29 is 14.5 Å². The molecule has 2 bridgehead atoms. The van der Waals surface area contributed by atoms with Gasteiger partial charge in [0, 0.05) is 28.3 Å². The van der Waals surface area contributed by atoms with Gasteiger partial charge in [-0.1, -0.05) is 38.4 Å². The van der Waals surface area contributed by atoms with Gasteiger partial charge in [0.25, 0.3) is 5.69 Å². The first-order chi connectivity index (χ1) is 15.4. The summed E-state index contributed by atoms with van der Waals surface area (Å²) in [6.07, 6.45) is 1.06. The number of non-ortho nitro benzene ring substituents is 1. The third-order valence-corrected chi connectivity index (χ3v) is 8.17. The molecule has 0 saturated heterocycles. The van der Waals surface area contributed by atoms with E-state index in [4.69, 9.17) is 11.6 Å². The van der Waals surface area contributed by atoms with Crippen LogP contribution in [0, 0.1) is 33.3 Å². The number of aryl methyl sites for hydroxylation is 1. The second-order valence-electron chi connectivity index (χ2n) is 9.49. The molecule has 8 nitrogen and oxygen atoms in total. The summed E-state index contributed by atoms with van der Waals surface area (Å²) in [4.78, 5) is 37.6. The highest BCUT2D eigenvalue weighted by Crippen LogP contribution is 2.69. The zero-order valence-corrected chi connectivity index (χ0v) is 19.6. The molecule has 0 heterocycles. The number of hydrogen-bond acceptors (Lipinski definition) is 6. The molecule has 2 aromatic rings. The summed E-state index contributed by atoms with van der Waals surface area (Å²) in [7, 11) is 0. The van der Waals surface area contributed by atoms with Gasteiger partial charge in [-0.25, -0.2) is 0 Å². The van der Waals surface area contributed by atoms with Gasteiger partial charge in [-0.05, 0) is 55.0 Å². The van der Waals surface area contributed by atoms with Gasteiger partial charge in [0.2, 0.25) is 5.91 Å². The van der Waals surface area contributed by atoms with Crippen molar-refractivity contribution in [2.75, 3.05) is 10.7 Å². The van der Waals surface area contributed by atoms with E-state index in [-0.39, 0.29) is 17.4 Å². The second kappa shape index (κ2) is 7.66. The molecule has 0 radical (unpaired) electrons. The van der Waals surface area contributed by atoms with E-state index in [1.165, 1.54) is 24.3 Å². The Labute approximate surface area is 196 Å². The van der Waals surface area contributed by atoms with E-state index < -0.39 is 21.2 Å². The zero-order chi connectivity index (χ0) is 24.2. The number of amides is 1. The lowest BCUT2D eigenvalue weighted by atomic mass is 9.64. The number of carbonyl (C=O) groups is 2. The lowest BCUT2D eigenvalue weighted by Crippen LogP contribution is -2.47. The number of fused-ring (bicyclic) bond motifs is 2. The molecule has 33 heavy (non-hydrogen) atoms. The van der Waals surface area contributed by atoms with Crippen LogP contribution >= 0.6 is 11.6 Å². The highest BCUT2D eigenvalue weighted by Gasteiger charge is 2.76. The highest BCUT2D eigenvalue weighted by atomic mass is 35.5. The van der Waals surface area contributed by atoms with Crippen molar-refractivity contribution in [2.45, 2.75) is 40.5 Å². The number of nitro benzene ring substituents is 1. The Kier molecular flexibility index (Phi) is 5.32. The summed E-state index contributed by atoms with van der Waals surface area (Å²) in [6, 6.07) is 11.0. The van der Waals surface area contributed by atoms with Crippen LogP contribution in [-0.4, -0.2) is 22.3 Å².